The lowest BCUT2D eigenvalue weighted by Crippen LogP contribution is -2.35. The normalized spacial score (nSPS) is 19.4. The standard InChI is InChI=1S/C17H16FNO3S/c18-15-9-13(12-4-2-1-3-5-12)8-14(10-15)17(20)19-16-6-7-23(21,22)11-16/h1-5,8-10,16H,6-7,11H2,(H,19,20). The Balaban J connectivity index is 1.83. The molecule has 1 N–H and O–H groups in total. The van der Waals surface area contributed by atoms with Crippen LogP contribution in [0.5, 0.6) is 0 Å². The average Bonchev–Trinajstić information content (AvgIpc) is 2.86. The highest BCUT2D eigenvalue weighted by atomic mass is 32.2. The molecule has 120 valence electrons. The Morgan fingerprint density at radius 3 is 2.48 bits per heavy atom. The number of benzene rings is 2. The second-order valence-corrected chi connectivity index (χ2v) is 7.90. The van der Waals surface area contributed by atoms with Crippen LogP contribution in [-0.4, -0.2) is 31.9 Å². The lowest BCUT2D eigenvalue weighted by Gasteiger charge is -2.12. The van der Waals surface area contributed by atoms with Crippen molar-refractivity contribution >= 4 is 15.7 Å². The van der Waals surface area contributed by atoms with Crippen LogP contribution in [0.3, 0.4) is 0 Å². The van der Waals surface area contributed by atoms with Gasteiger partial charge in [-0.25, -0.2) is 12.8 Å². The molecule has 1 aliphatic rings. The van der Waals surface area contributed by atoms with Gasteiger partial charge in [0.1, 0.15) is 5.82 Å². The number of nitrogens with one attached hydrogen (secondary N) is 1. The average molecular weight is 333 g/mol. The van der Waals surface area contributed by atoms with E-state index in [9.17, 15) is 17.6 Å². The molecular formula is C17H16FNO3S. The van der Waals surface area contributed by atoms with Crippen LogP contribution in [0.2, 0.25) is 0 Å². The molecule has 1 aliphatic heterocycles. The van der Waals surface area contributed by atoms with E-state index in [0.29, 0.717) is 12.0 Å². The quantitative estimate of drug-likeness (QED) is 0.938. The fourth-order valence-electron chi connectivity index (χ4n) is 2.70. The van der Waals surface area contributed by atoms with Crippen molar-refractivity contribution in [2.45, 2.75) is 12.5 Å². The Kier molecular flexibility index (Phi) is 4.17. The van der Waals surface area contributed by atoms with Crippen molar-refractivity contribution in [1.82, 2.24) is 5.32 Å². The van der Waals surface area contributed by atoms with Gasteiger partial charge in [-0.1, -0.05) is 30.3 Å². The molecule has 1 fully saturated rings. The molecular weight excluding hydrogens is 317 g/mol. The van der Waals surface area contributed by atoms with Crippen LogP contribution in [0, 0.1) is 5.82 Å². The zero-order valence-corrected chi connectivity index (χ0v) is 13.1. The Hall–Kier alpha value is -2.21. The molecule has 6 heteroatoms. The molecule has 0 spiro atoms. The van der Waals surface area contributed by atoms with E-state index in [1.165, 1.54) is 6.07 Å². The Morgan fingerprint density at radius 2 is 1.83 bits per heavy atom. The fraction of sp³-hybridized carbons (Fsp3) is 0.235. The lowest BCUT2D eigenvalue weighted by molar-refractivity contribution is 0.0940. The van der Waals surface area contributed by atoms with Gasteiger partial charge >= 0.3 is 0 Å². The summed E-state index contributed by atoms with van der Waals surface area (Å²) in [6.45, 7) is 0. The first-order valence-electron chi connectivity index (χ1n) is 7.30. The summed E-state index contributed by atoms with van der Waals surface area (Å²) >= 11 is 0. The summed E-state index contributed by atoms with van der Waals surface area (Å²) in [5.74, 6) is -0.935. The molecule has 0 aliphatic carbocycles. The molecule has 0 bridgehead atoms. The topological polar surface area (TPSA) is 63.2 Å². The number of hydrogen-bond donors (Lipinski definition) is 1. The van der Waals surface area contributed by atoms with Gasteiger partial charge in [-0.05, 0) is 35.7 Å². The Bertz CT molecular complexity index is 834. The van der Waals surface area contributed by atoms with Crippen LogP contribution >= 0.6 is 0 Å². The van der Waals surface area contributed by atoms with Gasteiger partial charge in [0.05, 0.1) is 11.5 Å². The van der Waals surface area contributed by atoms with E-state index >= 15 is 0 Å². The summed E-state index contributed by atoms with van der Waals surface area (Å²) in [6.07, 6.45) is 0.398. The number of carbonyl (C=O) groups excluding carboxylic acids is 1. The molecule has 2 aromatic rings. The van der Waals surface area contributed by atoms with E-state index in [1.807, 2.05) is 30.3 Å². The highest BCUT2D eigenvalue weighted by molar-refractivity contribution is 7.91. The molecule has 23 heavy (non-hydrogen) atoms. The highest BCUT2D eigenvalue weighted by Crippen LogP contribution is 2.22. The second kappa shape index (κ2) is 6.12. The maximum absolute atomic E-state index is 13.8. The third-order valence-corrected chi connectivity index (χ3v) is 5.60. The van der Waals surface area contributed by atoms with E-state index in [4.69, 9.17) is 0 Å². The first-order valence-corrected chi connectivity index (χ1v) is 9.12. The van der Waals surface area contributed by atoms with E-state index in [2.05, 4.69) is 5.32 Å². The number of halogens is 1. The van der Waals surface area contributed by atoms with Crippen LogP contribution in [0.25, 0.3) is 11.1 Å². The summed E-state index contributed by atoms with van der Waals surface area (Å²) in [7, 11) is -3.07. The summed E-state index contributed by atoms with van der Waals surface area (Å²) in [6, 6.07) is 12.9. The highest BCUT2D eigenvalue weighted by Gasteiger charge is 2.29. The Labute approximate surface area is 134 Å². The predicted octanol–water partition coefficient (Wildman–Crippen LogP) is 2.41. The van der Waals surface area contributed by atoms with Crippen molar-refractivity contribution in [2.24, 2.45) is 0 Å². The van der Waals surface area contributed by atoms with Gasteiger partial charge in [-0.15, -0.1) is 0 Å². The molecule has 0 aromatic heterocycles. The zero-order chi connectivity index (χ0) is 16.4. The maximum atomic E-state index is 13.8. The Morgan fingerprint density at radius 1 is 1.09 bits per heavy atom. The molecule has 0 saturated carbocycles. The molecule has 1 amide bonds. The van der Waals surface area contributed by atoms with Crippen molar-refractivity contribution in [3.63, 3.8) is 0 Å². The molecule has 4 nitrogen and oxygen atoms in total. The van der Waals surface area contributed by atoms with Crippen molar-refractivity contribution in [1.29, 1.82) is 0 Å². The van der Waals surface area contributed by atoms with Gasteiger partial charge in [-0.2, -0.15) is 0 Å². The van der Waals surface area contributed by atoms with Gasteiger partial charge in [0.15, 0.2) is 9.84 Å². The first-order chi connectivity index (χ1) is 10.9. The minimum absolute atomic E-state index is 0.0560. The third kappa shape index (κ3) is 3.76. The number of sulfone groups is 1. The summed E-state index contributed by atoms with van der Waals surface area (Å²) < 4.78 is 36.7. The largest absolute Gasteiger partial charge is 0.348 e. The molecule has 3 rings (SSSR count). The summed E-state index contributed by atoms with van der Waals surface area (Å²) in [4.78, 5) is 12.3. The van der Waals surface area contributed by atoms with Gasteiger partial charge in [0.25, 0.3) is 5.91 Å². The monoisotopic (exact) mass is 333 g/mol. The van der Waals surface area contributed by atoms with Crippen molar-refractivity contribution in [3.8, 4) is 11.1 Å². The van der Waals surface area contributed by atoms with E-state index in [0.717, 1.165) is 11.6 Å². The molecule has 2 aromatic carbocycles. The molecule has 0 radical (unpaired) electrons. The lowest BCUT2D eigenvalue weighted by atomic mass is 10.0. The molecule has 1 atom stereocenters. The van der Waals surface area contributed by atoms with Crippen molar-refractivity contribution in [2.75, 3.05) is 11.5 Å². The maximum Gasteiger partial charge on any atom is 0.251 e. The van der Waals surface area contributed by atoms with Crippen LogP contribution in [0.1, 0.15) is 16.8 Å². The second-order valence-electron chi connectivity index (χ2n) is 5.67. The smallest absolute Gasteiger partial charge is 0.251 e. The summed E-state index contributed by atoms with van der Waals surface area (Å²) in [5, 5.41) is 2.67. The van der Waals surface area contributed by atoms with Gasteiger partial charge in [-0.3, -0.25) is 4.79 Å². The van der Waals surface area contributed by atoms with Crippen molar-refractivity contribution < 1.29 is 17.6 Å². The van der Waals surface area contributed by atoms with Gasteiger partial charge in [0.2, 0.25) is 0 Å². The zero-order valence-electron chi connectivity index (χ0n) is 12.3. The number of hydrogen-bond acceptors (Lipinski definition) is 3. The minimum atomic E-state index is -3.07. The van der Waals surface area contributed by atoms with Crippen LogP contribution < -0.4 is 5.32 Å². The molecule has 1 saturated heterocycles. The van der Waals surface area contributed by atoms with E-state index in [-0.39, 0.29) is 17.1 Å². The number of amides is 1. The minimum Gasteiger partial charge on any atom is -0.348 e. The summed E-state index contributed by atoms with van der Waals surface area (Å²) in [5.41, 5.74) is 1.60. The van der Waals surface area contributed by atoms with Crippen LogP contribution in [-0.2, 0) is 9.84 Å². The van der Waals surface area contributed by atoms with Crippen molar-refractivity contribution in [3.05, 3.63) is 59.9 Å². The predicted molar refractivity (Wildman–Crippen MR) is 86.4 cm³/mol. The SMILES string of the molecule is O=C(NC1CCS(=O)(=O)C1)c1cc(F)cc(-c2ccccc2)c1. The molecule has 1 heterocycles. The number of carbonyl (C=O) groups is 1. The molecule has 1 unspecified atom stereocenters. The van der Waals surface area contributed by atoms with E-state index in [1.54, 1.807) is 6.07 Å². The third-order valence-electron chi connectivity index (χ3n) is 3.83. The van der Waals surface area contributed by atoms with E-state index < -0.39 is 27.6 Å². The van der Waals surface area contributed by atoms with Gasteiger partial charge in [0, 0.05) is 11.6 Å². The van der Waals surface area contributed by atoms with Crippen LogP contribution in [0.4, 0.5) is 4.39 Å². The fourth-order valence-corrected chi connectivity index (χ4v) is 4.37. The van der Waals surface area contributed by atoms with Gasteiger partial charge < -0.3 is 5.32 Å². The number of rotatable bonds is 3. The first kappa shape index (κ1) is 15.7. The van der Waals surface area contributed by atoms with Crippen LogP contribution in [0.15, 0.2) is 48.5 Å².